The molecule has 6 atom stereocenters. The van der Waals surface area contributed by atoms with Crippen LogP contribution in [-0.4, -0.2) is 97.4 Å². The van der Waals surface area contributed by atoms with Crippen molar-refractivity contribution in [3.8, 4) is 0 Å². The summed E-state index contributed by atoms with van der Waals surface area (Å²) in [6.45, 7) is 13.7. The van der Waals surface area contributed by atoms with Gasteiger partial charge in [-0.05, 0) is 13.3 Å². The van der Waals surface area contributed by atoms with Crippen LogP contribution in [0.2, 0.25) is 0 Å². The Morgan fingerprint density at radius 2 is 0.775 bits per heavy atom. The van der Waals surface area contributed by atoms with E-state index < -0.39 is 47.6 Å². The summed E-state index contributed by atoms with van der Waals surface area (Å²) < 4.78 is 86.7. The van der Waals surface area contributed by atoms with E-state index in [1.807, 2.05) is 6.92 Å². The van der Waals surface area contributed by atoms with Crippen LogP contribution in [0.4, 0.5) is 0 Å². The molecule has 0 aromatic carbocycles. The zero-order valence-corrected chi connectivity index (χ0v) is 26.8. The summed E-state index contributed by atoms with van der Waals surface area (Å²) >= 11 is 0. The van der Waals surface area contributed by atoms with E-state index in [-0.39, 0.29) is 0 Å². The second-order valence-electron chi connectivity index (χ2n) is 9.77. The molecule has 0 spiro atoms. The van der Waals surface area contributed by atoms with Crippen molar-refractivity contribution in [2.75, 3.05) is 49.8 Å². The topological polar surface area (TPSA) is 138 Å². The van der Waals surface area contributed by atoms with Crippen LogP contribution in [0.25, 0.3) is 0 Å². The second-order valence-corrected chi connectivity index (χ2v) is 9.77. The Kier molecular flexibility index (Phi) is 12.5. The molecule has 15 nitrogen and oxygen atoms in total. The highest BCUT2D eigenvalue weighted by atomic mass is 17.1. The summed E-state index contributed by atoms with van der Waals surface area (Å²) in [5, 5.41) is 0. The van der Waals surface area contributed by atoms with E-state index >= 15 is 0 Å². The highest BCUT2D eigenvalue weighted by Crippen LogP contribution is 2.44. The van der Waals surface area contributed by atoms with Crippen molar-refractivity contribution in [1.29, 1.82) is 0 Å². The number of hydrogen-bond donors (Lipinski definition) is 0. The lowest BCUT2D eigenvalue weighted by atomic mass is 10.2. The molecule has 1 fully saturated rings. The van der Waals surface area contributed by atoms with Gasteiger partial charge in [0.1, 0.15) is 0 Å². The lowest BCUT2D eigenvalue weighted by molar-refractivity contribution is -0.660. The predicted molar refractivity (Wildman–Crippen MR) is 135 cm³/mol. The van der Waals surface area contributed by atoms with E-state index in [0.717, 1.165) is 0 Å². The molecule has 1 aliphatic heterocycles. The van der Waals surface area contributed by atoms with Gasteiger partial charge in [-0.3, -0.25) is 37.9 Å². The first-order valence-corrected chi connectivity index (χ1v) is 12.6. The Bertz CT molecular complexity index is 794. The third-order valence-electron chi connectivity index (χ3n) is 6.27. The molecule has 1 heterocycles. The van der Waals surface area contributed by atoms with Crippen molar-refractivity contribution in [2.24, 2.45) is 0 Å². The first-order valence-electron chi connectivity index (χ1n) is 12.6. The van der Waals surface area contributed by atoms with Crippen LogP contribution in [0.5, 0.6) is 0 Å². The summed E-state index contributed by atoms with van der Waals surface area (Å²) in [5.74, 6) is -14.3. The monoisotopic (exact) mass is 590 g/mol. The molecule has 0 N–H and O–H groups in total. The molecule has 0 radical (unpaired) electrons. The van der Waals surface area contributed by atoms with E-state index in [9.17, 15) is 0 Å². The summed E-state index contributed by atoms with van der Waals surface area (Å²) in [6.07, 6.45) is 0.311. The van der Waals surface area contributed by atoms with Crippen LogP contribution < -0.4 is 0 Å². The minimum atomic E-state index is -2.15. The highest BCUT2D eigenvalue weighted by Gasteiger charge is 2.59. The van der Waals surface area contributed by atoms with Crippen LogP contribution >= 0.6 is 0 Å². The molecule has 0 aliphatic carbocycles. The van der Waals surface area contributed by atoms with Crippen molar-refractivity contribution in [3.05, 3.63) is 0 Å². The number of rotatable bonds is 16. The molecule has 0 bridgehead atoms. The van der Waals surface area contributed by atoms with E-state index in [2.05, 4.69) is 0 Å². The van der Waals surface area contributed by atoms with Gasteiger partial charge in [0.15, 0.2) is 5.79 Å². The van der Waals surface area contributed by atoms with Gasteiger partial charge in [0.25, 0.3) is 41.8 Å². The average molecular weight is 591 g/mol. The fourth-order valence-corrected chi connectivity index (χ4v) is 3.74. The van der Waals surface area contributed by atoms with Crippen molar-refractivity contribution in [2.45, 2.75) is 116 Å². The smallest absolute Gasteiger partial charge is 0.292 e. The molecule has 0 aromatic rings. The van der Waals surface area contributed by atoms with E-state index in [0.29, 0.717) is 6.42 Å². The van der Waals surface area contributed by atoms with Gasteiger partial charge in [0, 0.05) is 98.2 Å². The minimum Gasteiger partial charge on any atom is -0.331 e. The molecule has 15 heteroatoms. The lowest BCUT2D eigenvalue weighted by Gasteiger charge is -2.52. The van der Waals surface area contributed by atoms with Gasteiger partial charge < -0.3 is 33.2 Å². The summed E-state index contributed by atoms with van der Waals surface area (Å²) in [6, 6.07) is 0. The normalized spacial score (nSPS) is 33.6. The maximum atomic E-state index is 6.21. The quantitative estimate of drug-likeness (QED) is 0.242. The van der Waals surface area contributed by atoms with Crippen LogP contribution in [0.3, 0.4) is 0 Å². The zero-order valence-electron chi connectivity index (χ0n) is 26.8. The number of methoxy groups -OCH3 is 7. The van der Waals surface area contributed by atoms with Crippen LogP contribution in [-0.2, 0) is 71.1 Å². The standard InChI is InChI=1S/C25H50O15/c1-17-18(2,33-19(3,26-10)27-11)34-21(5,30-14)37-25(9)39-23(7,32-16)36-22(6,31-15)38-24(8,40-25)35-20(4,28-12)29-13/h17H2,1-16H3. The zero-order chi connectivity index (χ0) is 31.3. The molecule has 0 amide bonds. The van der Waals surface area contributed by atoms with Gasteiger partial charge in [-0.15, -0.1) is 0 Å². The van der Waals surface area contributed by atoms with Gasteiger partial charge in [-0.1, -0.05) is 6.92 Å². The minimum absolute atomic E-state index is 0.311. The summed E-state index contributed by atoms with van der Waals surface area (Å²) in [4.78, 5) is 0. The van der Waals surface area contributed by atoms with E-state index in [1.54, 1.807) is 13.8 Å². The fourth-order valence-electron chi connectivity index (χ4n) is 3.74. The van der Waals surface area contributed by atoms with Gasteiger partial charge in [0.2, 0.25) is 0 Å². The largest absolute Gasteiger partial charge is 0.331 e. The van der Waals surface area contributed by atoms with E-state index in [4.69, 9.17) is 71.1 Å². The van der Waals surface area contributed by atoms with Crippen molar-refractivity contribution < 1.29 is 71.1 Å². The third-order valence-corrected chi connectivity index (χ3v) is 6.27. The van der Waals surface area contributed by atoms with Gasteiger partial charge in [-0.2, -0.15) is 0 Å². The highest BCUT2D eigenvalue weighted by molar-refractivity contribution is 4.72. The van der Waals surface area contributed by atoms with Crippen molar-refractivity contribution in [3.63, 3.8) is 0 Å². The lowest BCUT2D eigenvalue weighted by Crippen LogP contribution is -2.65. The molecule has 0 aromatic heterocycles. The molecule has 0 saturated carbocycles. The molecular formula is C25H50O15. The first-order chi connectivity index (χ1) is 18.1. The molecule has 40 heavy (non-hydrogen) atoms. The SMILES string of the molecule is CCC(C)(OC(C)(OC)OC)OC(C)(OC)OC1(C)OC(C)(OC)OC(C)(OC)OC(C)(OC(C)(OC)OC)O1. The predicted octanol–water partition coefficient (Wildman–Crippen LogP) is 3.50. The second kappa shape index (κ2) is 13.4. The molecule has 6 unspecified atom stereocenters. The number of hydrogen-bond acceptors (Lipinski definition) is 15. The average Bonchev–Trinajstić information content (AvgIpc) is 2.86. The van der Waals surface area contributed by atoms with E-state index in [1.165, 1.54) is 91.3 Å². The van der Waals surface area contributed by atoms with Crippen LogP contribution in [0.15, 0.2) is 0 Å². The molecule has 1 saturated heterocycles. The first kappa shape index (κ1) is 37.4. The fraction of sp³-hybridized carbons (Fsp3) is 1.00. The van der Waals surface area contributed by atoms with Crippen LogP contribution in [0.1, 0.15) is 68.7 Å². The van der Waals surface area contributed by atoms with Crippen molar-refractivity contribution in [1.82, 2.24) is 0 Å². The van der Waals surface area contributed by atoms with Crippen molar-refractivity contribution >= 4 is 0 Å². The third kappa shape index (κ3) is 9.72. The Balaban J connectivity index is 3.58. The van der Waals surface area contributed by atoms with Gasteiger partial charge >= 0.3 is 0 Å². The summed E-state index contributed by atoms with van der Waals surface area (Å²) in [5.41, 5.74) is 0. The Morgan fingerprint density at radius 1 is 0.475 bits per heavy atom. The summed E-state index contributed by atoms with van der Waals surface area (Å²) in [7, 11) is 9.62. The Hall–Kier alpha value is -0.600. The number of ether oxygens (including phenoxy) is 15. The molecule has 1 rings (SSSR count). The molecular weight excluding hydrogens is 540 g/mol. The molecule has 240 valence electrons. The molecule has 1 aliphatic rings. The Labute approximate surface area is 237 Å². The van der Waals surface area contributed by atoms with Gasteiger partial charge in [-0.25, -0.2) is 0 Å². The van der Waals surface area contributed by atoms with Crippen LogP contribution in [0, 0.1) is 0 Å². The maximum absolute atomic E-state index is 6.21. The maximum Gasteiger partial charge on any atom is 0.292 e. The van der Waals surface area contributed by atoms with Gasteiger partial charge in [0.05, 0.1) is 0 Å². The Morgan fingerprint density at radius 3 is 1.10 bits per heavy atom.